The lowest BCUT2D eigenvalue weighted by Crippen LogP contribution is -2.23. The van der Waals surface area contributed by atoms with E-state index in [0.29, 0.717) is 25.3 Å². The number of nitrogens with one attached hydrogen (secondary N) is 1. The fourth-order valence-electron chi connectivity index (χ4n) is 2.19. The molecule has 0 saturated carbocycles. The molecular weight excluding hydrogens is 270 g/mol. The van der Waals surface area contributed by atoms with Crippen LogP contribution in [-0.4, -0.2) is 31.2 Å². The predicted molar refractivity (Wildman–Crippen MR) is 81.3 cm³/mol. The molecule has 1 aromatic carbocycles. The van der Waals surface area contributed by atoms with Gasteiger partial charge in [0.05, 0.1) is 6.54 Å². The summed E-state index contributed by atoms with van der Waals surface area (Å²) >= 11 is 0. The van der Waals surface area contributed by atoms with Crippen LogP contribution in [0.25, 0.3) is 0 Å². The first kappa shape index (κ1) is 15.3. The monoisotopic (exact) mass is 291 g/mol. The quantitative estimate of drug-likeness (QED) is 0.840. The molecule has 1 aliphatic heterocycles. The summed E-state index contributed by atoms with van der Waals surface area (Å²) in [5.74, 6) is -0.0446. The summed E-state index contributed by atoms with van der Waals surface area (Å²) in [4.78, 5) is 24.9. The molecule has 1 unspecified atom stereocenters. The fraction of sp³-hybridized carbons (Fsp3) is 0.467. The summed E-state index contributed by atoms with van der Waals surface area (Å²) < 4.78 is 4.90. The number of nitrogens with two attached hydrogens (primary N) is 1. The van der Waals surface area contributed by atoms with Crippen molar-refractivity contribution >= 4 is 23.4 Å². The highest BCUT2D eigenvalue weighted by Gasteiger charge is 2.23. The number of anilines is 2. The second-order valence-electron chi connectivity index (χ2n) is 5.23. The van der Waals surface area contributed by atoms with E-state index in [1.165, 1.54) is 0 Å². The van der Waals surface area contributed by atoms with E-state index in [2.05, 4.69) is 5.32 Å². The summed E-state index contributed by atoms with van der Waals surface area (Å²) in [6.45, 7) is 2.85. The predicted octanol–water partition coefficient (Wildman–Crippen LogP) is 2.10. The van der Waals surface area contributed by atoms with Gasteiger partial charge in [-0.25, -0.2) is 4.79 Å². The average Bonchev–Trinajstić information content (AvgIpc) is 2.85. The molecule has 3 N–H and O–H groups in total. The van der Waals surface area contributed by atoms with Crippen LogP contribution in [0.2, 0.25) is 0 Å². The molecule has 1 heterocycles. The Morgan fingerprint density at radius 3 is 3.00 bits per heavy atom. The average molecular weight is 291 g/mol. The van der Waals surface area contributed by atoms with Gasteiger partial charge in [0, 0.05) is 23.8 Å². The molecule has 1 fully saturated rings. The van der Waals surface area contributed by atoms with Crippen molar-refractivity contribution in [3.63, 3.8) is 0 Å². The summed E-state index contributed by atoms with van der Waals surface area (Å²) in [5.41, 5.74) is 7.06. The van der Waals surface area contributed by atoms with Gasteiger partial charge in [-0.3, -0.25) is 9.69 Å². The van der Waals surface area contributed by atoms with Gasteiger partial charge in [0.25, 0.3) is 0 Å². The van der Waals surface area contributed by atoms with E-state index >= 15 is 0 Å². The molecule has 6 nitrogen and oxygen atoms in total. The van der Waals surface area contributed by atoms with Gasteiger partial charge in [-0.2, -0.15) is 0 Å². The number of carbonyl (C=O) groups is 2. The molecule has 1 atom stereocenters. The minimum Gasteiger partial charge on any atom is -0.447 e. The first-order valence-electron chi connectivity index (χ1n) is 7.16. The number of amides is 2. The summed E-state index contributed by atoms with van der Waals surface area (Å²) in [5, 5.41) is 2.84. The van der Waals surface area contributed by atoms with Crippen molar-refractivity contribution in [2.75, 3.05) is 23.4 Å². The number of cyclic esters (lactones) is 1. The molecule has 1 aromatic rings. The lowest BCUT2D eigenvalue weighted by Gasteiger charge is -2.14. The van der Waals surface area contributed by atoms with Gasteiger partial charge in [0.2, 0.25) is 5.91 Å². The maximum absolute atomic E-state index is 11.8. The Labute approximate surface area is 124 Å². The number of rotatable bonds is 6. The Morgan fingerprint density at radius 2 is 2.33 bits per heavy atom. The smallest absolute Gasteiger partial charge is 0.414 e. The van der Waals surface area contributed by atoms with Crippen LogP contribution in [0.15, 0.2) is 24.3 Å². The maximum Gasteiger partial charge on any atom is 0.414 e. The highest BCUT2D eigenvalue weighted by molar-refractivity contribution is 5.93. The van der Waals surface area contributed by atoms with Crippen LogP contribution in [0.4, 0.5) is 16.2 Å². The maximum atomic E-state index is 11.8. The van der Waals surface area contributed by atoms with Crippen molar-refractivity contribution in [1.29, 1.82) is 0 Å². The third-order valence-corrected chi connectivity index (χ3v) is 3.27. The van der Waals surface area contributed by atoms with Crippen LogP contribution in [-0.2, 0) is 9.53 Å². The summed E-state index contributed by atoms with van der Waals surface area (Å²) in [6.07, 6.45) is 1.68. The van der Waals surface area contributed by atoms with E-state index in [4.69, 9.17) is 10.5 Å². The zero-order valence-corrected chi connectivity index (χ0v) is 12.2. The molecule has 0 radical (unpaired) electrons. The second kappa shape index (κ2) is 7.08. The van der Waals surface area contributed by atoms with Crippen molar-refractivity contribution in [2.24, 2.45) is 5.73 Å². The largest absolute Gasteiger partial charge is 0.447 e. The number of ether oxygens (including phenoxy) is 1. The first-order valence-corrected chi connectivity index (χ1v) is 7.16. The minimum absolute atomic E-state index is 0.0446. The third kappa shape index (κ3) is 4.46. The van der Waals surface area contributed by atoms with Crippen LogP contribution in [0, 0.1) is 0 Å². The number of hydrogen-bond donors (Lipinski definition) is 2. The molecule has 6 heteroatoms. The van der Waals surface area contributed by atoms with Crippen molar-refractivity contribution in [3.8, 4) is 0 Å². The van der Waals surface area contributed by atoms with E-state index in [0.717, 1.165) is 18.5 Å². The lowest BCUT2D eigenvalue weighted by atomic mass is 10.1. The van der Waals surface area contributed by atoms with Crippen LogP contribution < -0.4 is 16.0 Å². The number of nitrogens with zero attached hydrogens (tertiary/aromatic N) is 1. The van der Waals surface area contributed by atoms with Gasteiger partial charge in [0.1, 0.15) is 6.61 Å². The zero-order chi connectivity index (χ0) is 15.2. The van der Waals surface area contributed by atoms with Gasteiger partial charge in [-0.05, 0) is 38.0 Å². The molecule has 0 aromatic heterocycles. The van der Waals surface area contributed by atoms with Crippen LogP contribution in [0.5, 0.6) is 0 Å². The molecule has 114 valence electrons. The van der Waals surface area contributed by atoms with Crippen molar-refractivity contribution in [2.45, 2.75) is 32.2 Å². The highest BCUT2D eigenvalue weighted by atomic mass is 16.6. The van der Waals surface area contributed by atoms with Gasteiger partial charge < -0.3 is 15.8 Å². The van der Waals surface area contributed by atoms with E-state index in [-0.39, 0.29) is 18.0 Å². The van der Waals surface area contributed by atoms with Crippen molar-refractivity contribution in [1.82, 2.24) is 0 Å². The number of hydrogen-bond acceptors (Lipinski definition) is 4. The fourth-order valence-corrected chi connectivity index (χ4v) is 2.19. The third-order valence-electron chi connectivity index (χ3n) is 3.27. The van der Waals surface area contributed by atoms with Crippen LogP contribution >= 0.6 is 0 Å². The molecule has 21 heavy (non-hydrogen) atoms. The second-order valence-corrected chi connectivity index (χ2v) is 5.23. The molecule has 2 amide bonds. The topological polar surface area (TPSA) is 84.7 Å². The van der Waals surface area contributed by atoms with Gasteiger partial charge in [-0.15, -0.1) is 0 Å². The van der Waals surface area contributed by atoms with E-state index in [9.17, 15) is 9.59 Å². The normalized spacial score (nSPS) is 15.7. The Hall–Kier alpha value is -2.08. The Balaban J connectivity index is 1.91. The Bertz CT molecular complexity index is 517. The van der Waals surface area contributed by atoms with Crippen molar-refractivity contribution < 1.29 is 14.3 Å². The van der Waals surface area contributed by atoms with E-state index < -0.39 is 0 Å². The molecule has 0 bridgehead atoms. The van der Waals surface area contributed by atoms with Gasteiger partial charge >= 0.3 is 6.09 Å². The molecule has 1 aliphatic rings. The highest BCUT2D eigenvalue weighted by Crippen LogP contribution is 2.22. The van der Waals surface area contributed by atoms with Gasteiger partial charge in [-0.1, -0.05) is 6.07 Å². The number of benzene rings is 1. The summed E-state index contributed by atoms with van der Waals surface area (Å²) in [7, 11) is 0. The van der Waals surface area contributed by atoms with E-state index in [1.807, 2.05) is 13.0 Å². The molecule has 0 aliphatic carbocycles. The lowest BCUT2D eigenvalue weighted by molar-refractivity contribution is -0.116. The molecule has 0 spiro atoms. The SMILES string of the molecule is CC(N)CCCC(=O)Nc1cccc(N2CCOC2=O)c1. The van der Waals surface area contributed by atoms with Crippen molar-refractivity contribution in [3.05, 3.63) is 24.3 Å². The van der Waals surface area contributed by atoms with Gasteiger partial charge in [0.15, 0.2) is 0 Å². The number of carbonyl (C=O) groups excluding carboxylic acids is 2. The van der Waals surface area contributed by atoms with Crippen LogP contribution in [0.1, 0.15) is 26.2 Å². The minimum atomic E-state index is -0.351. The van der Waals surface area contributed by atoms with Crippen LogP contribution in [0.3, 0.4) is 0 Å². The molecule has 1 saturated heterocycles. The molecule has 2 rings (SSSR count). The van der Waals surface area contributed by atoms with E-state index in [1.54, 1.807) is 23.1 Å². The summed E-state index contributed by atoms with van der Waals surface area (Å²) in [6, 6.07) is 7.31. The Morgan fingerprint density at radius 1 is 1.52 bits per heavy atom. The first-order chi connectivity index (χ1) is 10.1. The molecular formula is C15H21N3O3. The standard InChI is InChI=1S/C15H21N3O3/c1-11(16)4-2-7-14(19)17-12-5-3-6-13(10-12)18-8-9-21-15(18)20/h3,5-6,10-11H,2,4,7-9,16H2,1H3,(H,17,19). The zero-order valence-electron chi connectivity index (χ0n) is 12.2. The Kier molecular flexibility index (Phi) is 5.16.